The van der Waals surface area contributed by atoms with Crippen LogP contribution < -0.4 is 15.4 Å². The van der Waals surface area contributed by atoms with E-state index in [0.29, 0.717) is 5.95 Å². The number of fused-ring (bicyclic) bond motifs is 1. The van der Waals surface area contributed by atoms with Crippen LogP contribution in [0.5, 0.6) is 5.75 Å². The van der Waals surface area contributed by atoms with Gasteiger partial charge in [0.1, 0.15) is 11.6 Å². The van der Waals surface area contributed by atoms with Crippen LogP contribution in [-0.2, 0) is 11.8 Å². The second kappa shape index (κ2) is 8.41. The standard InChI is InChI=1S/C19H25N7O2/c1-25-18-16(13-21-25)17(22-14-3-5-15(27-2)6-4-14)23-19(24-18)20-7-8-26-9-11-28-12-10-26/h3-6,13H,7-12H2,1-2H3,(H2,20,22,23,24). The van der Waals surface area contributed by atoms with Crippen molar-refractivity contribution in [3.05, 3.63) is 30.5 Å². The summed E-state index contributed by atoms with van der Waals surface area (Å²) in [5.74, 6) is 2.11. The van der Waals surface area contributed by atoms with Crippen molar-refractivity contribution < 1.29 is 9.47 Å². The fourth-order valence-corrected chi connectivity index (χ4v) is 3.16. The molecule has 1 aromatic carbocycles. The molecule has 0 aliphatic carbocycles. The number of hydrogen-bond donors (Lipinski definition) is 2. The van der Waals surface area contributed by atoms with E-state index in [0.717, 1.165) is 67.7 Å². The van der Waals surface area contributed by atoms with E-state index in [1.807, 2.05) is 31.3 Å². The van der Waals surface area contributed by atoms with Gasteiger partial charge in [-0.3, -0.25) is 9.58 Å². The molecule has 0 radical (unpaired) electrons. The Kier molecular flexibility index (Phi) is 5.54. The van der Waals surface area contributed by atoms with Gasteiger partial charge in [-0.05, 0) is 24.3 Å². The Balaban J connectivity index is 1.51. The van der Waals surface area contributed by atoms with E-state index in [9.17, 15) is 0 Å². The van der Waals surface area contributed by atoms with Crippen LogP contribution in [0, 0.1) is 0 Å². The highest BCUT2D eigenvalue weighted by Gasteiger charge is 2.13. The monoisotopic (exact) mass is 383 g/mol. The van der Waals surface area contributed by atoms with E-state index in [-0.39, 0.29) is 0 Å². The van der Waals surface area contributed by atoms with Crippen LogP contribution in [0.15, 0.2) is 30.5 Å². The van der Waals surface area contributed by atoms with E-state index < -0.39 is 0 Å². The predicted molar refractivity (Wildman–Crippen MR) is 108 cm³/mol. The fraction of sp³-hybridized carbons (Fsp3) is 0.421. The molecular formula is C19H25N7O2. The van der Waals surface area contributed by atoms with Crippen LogP contribution in [0.2, 0.25) is 0 Å². The average Bonchev–Trinajstić information content (AvgIpc) is 3.11. The lowest BCUT2D eigenvalue weighted by atomic mass is 10.3. The van der Waals surface area contributed by atoms with Gasteiger partial charge in [0.2, 0.25) is 5.95 Å². The zero-order valence-corrected chi connectivity index (χ0v) is 16.2. The minimum atomic E-state index is 0.584. The molecule has 0 saturated carbocycles. The molecule has 1 aliphatic rings. The molecule has 0 atom stereocenters. The molecule has 0 spiro atoms. The number of nitrogens with one attached hydrogen (secondary N) is 2. The van der Waals surface area contributed by atoms with Crippen molar-refractivity contribution in [3.8, 4) is 5.75 Å². The maximum absolute atomic E-state index is 5.39. The molecule has 2 aromatic heterocycles. The van der Waals surface area contributed by atoms with Crippen molar-refractivity contribution in [1.82, 2.24) is 24.6 Å². The fourth-order valence-electron chi connectivity index (χ4n) is 3.16. The average molecular weight is 383 g/mol. The molecule has 0 unspecified atom stereocenters. The first-order valence-electron chi connectivity index (χ1n) is 9.38. The van der Waals surface area contributed by atoms with Gasteiger partial charge in [0.05, 0.1) is 31.9 Å². The molecule has 0 amide bonds. The summed E-state index contributed by atoms with van der Waals surface area (Å²) >= 11 is 0. The first kappa shape index (κ1) is 18.5. The van der Waals surface area contributed by atoms with Crippen LogP contribution in [0.25, 0.3) is 11.0 Å². The molecule has 2 N–H and O–H groups in total. The van der Waals surface area contributed by atoms with Crippen molar-refractivity contribution >= 4 is 28.5 Å². The van der Waals surface area contributed by atoms with Gasteiger partial charge in [0.15, 0.2) is 5.65 Å². The van der Waals surface area contributed by atoms with Gasteiger partial charge in [0, 0.05) is 38.9 Å². The molecule has 3 heterocycles. The number of methoxy groups -OCH3 is 1. The van der Waals surface area contributed by atoms with Crippen molar-refractivity contribution in [1.29, 1.82) is 0 Å². The molecule has 9 nitrogen and oxygen atoms in total. The summed E-state index contributed by atoms with van der Waals surface area (Å²) in [6, 6.07) is 7.72. The van der Waals surface area contributed by atoms with Crippen molar-refractivity contribution in [2.75, 3.05) is 57.1 Å². The van der Waals surface area contributed by atoms with Gasteiger partial charge in [-0.1, -0.05) is 0 Å². The second-order valence-electron chi connectivity index (χ2n) is 6.64. The maximum atomic E-state index is 5.39. The molecule has 28 heavy (non-hydrogen) atoms. The molecule has 1 aliphatic heterocycles. The topological polar surface area (TPSA) is 89.4 Å². The lowest BCUT2D eigenvalue weighted by molar-refractivity contribution is 0.0398. The Hall–Kier alpha value is -2.91. The maximum Gasteiger partial charge on any atom is 0.226 e. The number of ether oxygens (including phenoxy) is 2. The van der Waals surface area contributed by atoms with Crippen molar-refractivity contribution in [2.45, 2.75) is 0 Å². The third kappa shape index (κ3) is 4.15. The van der Waals surface area contributed by atoms with Crippen molar-refractivity contribution in [3.63, 3.8) is 0 Å². The number of aryl methyl sites for hydroxylation is 1. The van der Waals surface area contributed by atoms with Crippen LogP contribution in [0.3, 0.4) is 0 Å². The molecule has 1 fully saturated rings. The van der Waals surface area contributed by atoms with Crippen LogP contribution in [-0.4, -0.2) is 71.2 Å². The third-order valence-electron chi connectivity index (χ3n) is 4.76. The predicted octanol–water partition coefficient (Wildman–Crippen LogP) is 1.86. The number of hydrogen-bond acceptors (Lipinski definition) is 8. The van der Waals surface area contributed by atoms with E-state index >= 15 is 0 Å². The Morgan fingerprint density at radius 3 is 2.68 bits per heavy atom. The van der Waals surface area contributed by atoms with Gasteiger partial charge in [0.25, 0.3) is 0 Å². The van der Waals surface area contributed by atoms with Crippen molar-refractivity contribution in [2.24, 2.45) is 7.05 Å². The highest BCUT2D eigenvalue weighted by molar-refractivity contribution is 5.89. The highest BCUT2D eigenvalue weighted by atomic mass is 16.5. The van der Waals surface area contributed by atoms with E-state index in [1.165, 1.54) is 0 Å². The summed E-state index contributed by atoms with van der Waals surface area (Å²) in [5.41, 5.74) is 1.70. The molecule has 3 aromatic rings. The lowest BCUT2D eigenvalue weighted by Crippen LogP contribution is -2.39. The summed E-state index contributed by atoms with van der Waals surface area (Å²) < 4.78 is 12.4. The molecular weight excluding hydrogens is 358 g/mol. The summed E-state index contributed by atoms with van der Waals surface area (Å²) in [7, 11) is 3.53. The zero-order chi connectivity index (χ0) is 19.3. The summed E-state index contributed by atoms with van der Waals surface area (Å²) in [5, 5.41) is 11.9. The first-order chi connectivity index (χ1) is 13.7. The van der Waals surface area contributed by atoms with E-state index in [1.54, 1.807) is 18.0 Å². The van der Waals surface area contributed by atoms with Gasteiger partial charge >= 0.3 is 0 Å². The third-order valence-corrected chi connectivity index (χ3v) is 4.76. The van der Waals surface area contributed by atoms with Gasteiger partial charge < -0.3 is 20.1 Å². The van der Waals surface area contributed by atoms with Gasteiger partial charge in [-0.25, -0.2) is 0 Å². The summed E-state index contributed by atoms with van der Waals surface area (Å²) in [6.45, 7) is 5.23. The smallest absolute Gasteiger partial charge is 0.226 e. The Morgan fingerprint density at radius 1 is 1.14 bits per heavy atom. The van der Waals surface area contributed by atoms with E-state index in [2.05, 4.69) is 30.6 Å². The van der Waals surface area contributed by atoms with Gasteiger partial charge in [-0.15, -0.1) is 0 Å². The minimum absolute atomic E-state index is 0.584. The number of rotatable bonds is 7. The Morgan fingerprint density at radius 2 is 1.93 bits per heavy atom. The SMILES string of the molecule is COc1ccc(Nc2nc(NCCN3CCOCC3)nc3c2cnn3C)cc1. The number of nitrogens with zero attached hydrogens (tertiary/aromatic N) is 5. The zero-order valence-electron chi connectivity index (χ0n) is 16.2. The Labute approximate surface area is 163 Å². The number of morpholine rings is 1. The quantitative estimate of drug-likeness (QED) is 0.639. The van der Waals surface area contributed by atoms with Crippen LogP contribution >= 0.6 is 0 Å². The number of aromatic nitrogens is 4. The van der Waals surface area contributed by atoms with Gasteiger partial charge in [-0.2, -0.15) is 15.1 Å². The molecule has 148 valence electrons. The molecule has 9 heteroatoms. The second-order valence-corrected chi connectivity index (χ2v) is 6.64. The van der Waals surface area contributed by atoms with Crippen LogP contribution in [0.4, 0.5) is 17.5 Å². The summed E-state index contributed by atoms with van der Waals surface area (Å²) in [6.07, 6.45) is 1.78. The lowest BCUT2D eigenvalue weighted by Gasteiger charge is -2.26. The van der Waals surface area contributed by atoms with E-state index in [4.69, 9.17) is 9.47 Å². The minimum Gasteiger partial charge on any atom is -0.497 e. The highest BCUT2D eigenvalue weighted by Crippen LogP contribution is 2.25. The molecule has 0 bridgehead atoms. The molecule has 4 rings (SSSR count). The largest absolute Gasteiger partial charge is 0.497 e. The normalized spacial score (nSPS) is 14.9. The number of anilines is 3. The van der Waals surface area contributed by atoms with Crippen LogP contribution in [0.1, 0.15) is 0 Å². The number of benzene rings is 1. The first-order valence-corrected chi connectivity index (χ1v) is 9.38. The molecule has 1 saturated heterocycles. The summed E-state index contributed by atoms with van der Waals surface area (Å²) in [4.78, 5) is 11.7. The Bertz CT molecular complexity index is 920.